The molecule has 12 nitrogen and oxygen atoms in total. The fraction of sp³-hybridized carbons (Fsp3) is 0.500. The van der Waals surface area contributed by atoms with Gasteiger partial charge in [-0.15, -0.1) is 0 Å². The molecule has 2 aromatic rings. The molecule has 4 atom stereocenters. The van der Waals surface area contributed by atoms with Gasteiger partial charge in [0.2, 0.25) is 0 Å². The van der Waals surface area contributed by atoms with Crippen molar-refractivity contribution >= 4 is 50.8 Å². The molecule has 156 valence electrons. The summed E-state index contributed by atoms with van der Waals surface area (Å²) in [4.78, 5) is 47.0. The Morgan fingerprint density at radius 1 is 1.14 bits per heavy atom. The van der Waals surface area contributed by atoms with Gasteiger partial charge in [-0.1, -0.05) is 0 Å². The van der Waals surface area contributed by atoms with Gasteiger partial charge < -0.3 is 24.7 Å². The first-order valence-corrected chi connectivity index (χ1v) is 9.25. The summed E-state index contributed by atoms with van der Waals surface area (Å²) in [6, 6.07) is 0. The van der Waals surface area contributed by atoms with Gasteiger partial charge in [0.25, 0.3) is 0 Å². The maximum atomic E-state index is 11.7. The molecule has 0 spiro atoms. The molecule has 0 unspecified atom stereocenters. The van der Waals surface area contributed by atoms with Crippen molar-refractivity contribution in [3.63, 3.8) is 0 Å². The van der Waals surface area contributed by atoms with Crippen LogP contribution in [0.5, 0.6) is 0 Å². The summed E-state index contributed by atoms with van der Waals surface area (Å²) >= 11 is 3.32. The van der Waals surface area contributed by atoms with Crippen molar-refractivity contribution in [3.05, 3.63) is 11.1 Å². The van der Waals surface area contributed by atoms with E-state index < -0.39 is 42.4 Å². The highest BCUT2D eigenvalue weighted by atomic mass is 79.9. The topological polar surface area (TPSA) is 158 Å². The van der Waals surface area contributed by atoms with Crippen molar-refractivity contribution in [1.82, 2.24) is 19.5 Å². The number of carbonyl (C=O) groups is 3. The quantitative estimate of drug-likeness (QED) is 0.367. The number of hydrogen-bond donors (Lipinski definition) is 1. The third-order valence-corrected chi connectivity index (χ3v) is 4.62. The summed E-state index contributed by atoms with van der Waals surface area (Å²) in [5.74, 6) is -1.64. The predicted molar refractivity (Wildman–Crippen MR) is 99.1 cm³/mol. The molecule has 0 aromatic carbocycles. The Bertz CT molecular complexity index is 965. The number of nitrogens with two attached hydrogens (primary N) is 1. The Labute approximate surface area is 172 Å². The largest absolute Gasteiger partial charge is 0.463 e. The average molecular weight is 472 g/mol. The number of aromatic nitrogens is 4. The average Bonchev–Trinajstić information content (AvgIpc) is 3.11. The van der Waals surface area contributed by atoms with E-state index in [1.54, 1.807) is 0 Å². The van der Waals surface area contributed by atoms with E-state index in [4.69, 9.17) is 24.7 Å². The second-order valence-corrected chi connectivity index (χ2v) is 6.91. The van der Waals surface area contributed by atoms with Gasteiger partial charge in [0.1, 0.15) is 19.0 Å². The minimum atomic E-state index is -1.07. The van der Waals surface area contributed by atoms with E-state index in [1.807, 2.05) is 0 Å². The molecule has 1 aliphatic heterocycles. The van der Waals surface area contributed by atoms with Gasteiger partial charge in [-0.25, -0.2) is 15.0 Å². The SMILES string of the molecule is CC(=O)OC[C@H]1O[C@@H](n2c(Br)nc3c(N)ncnc32)[C@H](OC(C)=O)[C@@H]1OC(C)=O. The van der Waals surface area contributed by atoms with Crippen molar-refractivity contribution in [3.8, 4) is 0 Å². The van der Waals surface area contributed by atoms with Crippen molar-refractivity contribution in [2.75, 3.05) is 12.3 Å². The van der Waals surface area contributed by atoms with Crippen LogP contribution in [0.15, 0.2) is 11.1 Å². The number of esters is 3. The van der Waals surface area contributed by atoms with E-state index in [0.29, 0.717) is 11.2 Å². The van der Waals surface area contributed by atoms with Gasteiger partial charge in [0, 0.05) is 20.8 Å². The number of imidazole rings is 1. The monoisotopic (exact) mass is 471 g/mol. The van der Waals surface area contributed by atoms with Crippen molar-refractivity contribution in [2.45, 2.75) is 45.3 Å². The lowest BCUT2D eigenvalue weighted by Crippen LogP contribution is -2.40. The van der Waals surface area contributed by atoms with Crippen LogP contribution in [-0.4, -0.2) is 62.3 Å². The Hall–Kier alpha value is -2.80. The Morgan fingerprint density at radius 2 is 1.79 bits per heavy atom. The lowest BCUT2D eigenvalue weighted by Gasteiger charge is -2.24. The van der Waals surface area contributed by atoms with Crippen LogP contribution in [0.25, 0.3) is 11.2 Å². The highest BCUT2D eigenvalue weighted by molar-refractivity contribution is 9.10. The first-order chi connectivity index (χ1) is 13.7. The Balaban J connectivity index is 2.07. The van der Waals surface area contributed by atoms with Crippen LogP contribution in [0.3, 0.4) is 0 Å². The van der Waals surface area contributed by atoms with E-state index in [9.17, 15) is 14.4 Å². The molecule has 1 saturated heterocycles. The van der Waals surface area contributed by atoms with E-state index in [0.717, 1.165) is 0 Å². The van der Waals surface area contributed by atoms with Crippen LogP contribution in [-0.2, 0) is 33.3 Å². The Kier molecular flexibility index (Phi) is 5.98. The van der Waals surface area contributed by atoms with Crippen molar-refractivity contribution < 1.29 is 33.3 Å². The van der Waals surface area contributed by atoms with Crippen LogP contribution in [0.4, 0.5) is 5.82 Å². The predicted octanol–water partition coefficient (Wildman–Crippen LogP) is 0.495. The normalized spacial score (nSPS) is 23.7. The molecule has 3 heterocycles. The molecule has 3 rings (SSSR count). The Morgan fingerprint density at radius 3 is 2.41 bits per heavy atom. The van der Waals surface area contributed by atoms with Crippen LogP contribution >= 0.6 is 15.9 Å². The van der Waals surface area contributed by atoms with E-state index in [1.165, 1.54) is 31.7 Å². The molecule has 0 saturated carbocycles. The third kappa shape index (κ3) is 4.29. The van der Waals surface area contributed by atoms with Gasteiger partial charge in [-0.3, -0.25) is 19.0 Å². The van der Waals surface area contributed by atoms with Crippen LogP contribution in [0, 0.1) is 0 Å². The number of fused-ring (bicyclic) bond motifs is 1. The van der Waals surface area contributed by atoms with Crippen LogP contribution in [0.1, 0.15) is 27.0 Å². The molecule has 0 aliphatic carbocycles. The minimum absolute atomic E-state index is 0.143. The summed E-state index contributed by atoms with van der Waals surface area (Å²) < 4.78 is 23.5. The smallest absolute Gasteiger partial charge is 0.303 e. The van der Waals surface area contributed by atoms with E-state index >= 15 is 0 Å². The summed E-state index contributed by atoms with van der Waals surface area (Å²) in [6.07, 6.45) is -2.76. The second-order valence-electron chi connectivity index (χ2n) is 6.20. The molecule has 13 heteroatoms. The van der Waals surface area contributed by atoms with Crippen molar-refractivity contribution in [1.29, 1.82) is 0 Å². The number of ether oxygens (including phenoxy) is 4. The number of nitrogen functional groups attached to an aromatic ring is 1. The lowest BCUT2D eigenvalue weighted by atomic mass is 10.1. The maximum absolute atomic E-state index is 11.7. The zero-order valence-corrected chi connectivity index (χ0v) is 17.3. The second kappa shape index (κ2) is 8.29. The lowest BCUT2D eigenvalue weighted by molar-refractivity contribution is -0.166. The molecule has 1 fully saturated rings. The number of hydrogen-bond acceptors (Lipinski definition) is 11. The standard InChI is InChI=1S/C16H18BrN5O7/c1-6(23)26-4-9-11(27-7(2)24)12(28-8(3)25)15(29-9)22-14-10(21-16(22)17)13(18)19-5-20-14/h5,9,11-12,15H,4H2,1-3H3,(H2,18,19,20)/t9-,11-,12-,15-/m1/s1. The molecule has 2 aromatic heterocycles. The summed E-state index contributed by atoms with van der Waals surface area (Å²) in [5, 5.41) is 0. The van der Waals surface area contributed by atoms with E-state index in [2.05, 4.69) is 30.9 Å². The molecule has 0 bridgehead atoms. The molecule has 2 N–H and O–H groups in total. The van der Waals surface area contributed by atoms with Gasteiger partial charge >= 0.3 is 17.9 Å². The maximum Gasteiger partial charge on any atom is 0.303 e. The fourth-order valence-corrected chi connectivity index (χ4v) is 3.57. The number of halogens is 1. The van der Waals surface area contributed by atoms with Gasteiger partial charge in [0.15, 0.2) is 40.2 Å². The van der Waals surface area contributed by atoms with Crippen LogP contribution in [0.2, 0.25) is 0 Å². The summed E-state index contributed by atoms with van der Waals surface area (Å²) in [5.41, 5.74) is 6.46. The first-order valence-electron chi connectivity index (χ1n) is 8.46. The molecule has 1 aliphatic rings. The zero-order valence-electron chi connectivity index (χ0n) is 15.7. The summed E-state index contributed by atoms with van der Waals surface area (Å²) in [6.45, 7) is 3.43. The molecular weight excluding hydrogens is 454 g/mol. The number of nitrogens with zero attached hydrogens (tertiary/aromatic N) is 4. The molecular formula is C16H18BrN5O7. The highest BCUT2D eigenvalue weighted by Crippen LogP contribution is 2.38. The van der Waals surface area contributed by atoms with Crippen molar-refractivity contribution in [2.24, 2.45) is 0 Å². The van der Waals surface area contributed by atoms with E-state index in [-0.39, 0.29) is 17.2 Å². The highest BCUT2D eigenvalue weighted by Gasteiger charge is 2.51. The number of carbonyl (C=O) groups excluding carboxylic acids is 3. The number of anilines is 1. The zero-order chi connectivity index (χ0) is 21.3. The first kappa shape index (κ1) is 20.9. The van der Waals surface area contributed by atoms with Gasteiger partial charge in [-0.2, -0.15) is 0 Å². The molecule has 29 heavy (non-hydrogen) atoms. The minimum Gasteiger partial charge on any atom is -0.463 e. The van der Waals surface area contributed by atoms with Gasteiger partial charge in [0.05, 0.1) is 0 Å². The molecule has 0 amide bonds. The van der Waals surface area contributed by atoms with Gasteiger partial charge in [-0.05, 0) is 15.9 Å². The summed E-state index contributed by atoms with van der Waals surface area (Å²) in [7, 11) is 0. The molecule has 0 radical (unpaired) electrons. The van der Waals surface area contributed by atoms with Crippen LogP contribution < -0.4 is 5.73 Å². The third-order valence-electron chi connectivity index (χ3n) is 4.06. The number of rotatable bonds is 5. The fourth-order valence-electron chi connectivity index (χ4n) is 3.03.